The van der Waals surface area contributed by atoms with Gasteiger partial charge >= 0.3 is 0 Å². The molecule has 116 heavy (non-hydrogen) atoms. The van der Waals surface area contributed by atoms with Crippen molar-refractivity contribution in [2.45, 2.75) is 63.5 Å². The fraction of sp³-hybridized carbons (Fsp3) is 0.168. The van der Waals surface area contributed by atoms with E-state index < -0.39 is 0 Å². The average molecular weight is 1490 g/mol. The zero-order valence-electron chi connectivity index (χ0n) is 65.0. The van der Waals surface area contributed by atoms with Crippen molar-refractivity contribution in [2.24, 2.45) is 35.5 Å². The number of benzene rings is 14. The van der Waals surface area contributed by atoms with Crippen LogP contribution in [0.3, 0.4) is 0 Å². The molecule has 9 heteroatoms. The summed E-state index contributed by atoms with van der Waals surface area (Å²) >= 11 is 0. The van der Waals surface area contributed by atoms with E-state index in [1.807, 2.05) is 0 Å². The Morgan fingerprint density at radius 1 is 0.241 bits per heavy atom. The molecule has 7 nitrogen and oxygen atoms in total. The van der Waals surface area contributed by atoms with E-state index in [1.165, 1.54) is 219 Å². The lowest BCUT2D eigenvalue weighted by Gasteiger charge is -2.49. The van der Waals surface area contributed by atoms with Crippen LogP contribution < -0.4 is 67.0 Å². The Bertz CT molecular complexity index is 6250. The van der Waals surface area contributed by atoms with E-state index in [0.717, 1.165) is 42.4 Å². The van der Waals surface area contributed by atoms with Gasteiger partial charge in [0.25, 0.3) is 13.4 Å². The second-order valence-electron chi connectivity index (χ2n) is 34.9. The minimum absolute atomic E-state index is 0.209. The average Bonchev–Trinajstić information content (AvgIpc) is 0.772. The lowest BCUT2D eigenvalue weighted by Crippen LogP contribution is -2.69. The van der Waals surface area contributed by atoms with Crippen molar-refractivity contribution in [1.29, 1.82) is 0 Å². The van der Waals surface area contributed by atoms with Gasteiger partial charge in [0.1, 0.15) is 11.4 Å². The normalized spacial score (nSPS) is 21.0. The van der Waals surface area contributed by atoms with E-state index in [1.54, 1.807) is 0 Å². The van der Waals surface area contributed by atoms with Gasteiger partial charge in [-0.1, -0.05) is 302 Å². The van der Waals surface area contributed by atoms with E-state index in [2.05, 4.69) is 386 Å². The van der Waals surface area contributed by atoms with E-state index in [-0.39, 0.29) is 13.4 Å². The van der Waals surface area contributed by atoms with Gasteiger partial charge in [-0.2, -0.15) is 5.01 Å². The zero-order chi connectivity index (χ0) is 75.8. The van der Waals surface area contributed by atoms with Gasteiger partial charge in [-0.3, -0.25) is 0 Å². The smallest absolute Gasteiger partial charge is 0.252 e. The lowest BCUT2D eigenvalue weighted by molar-refractivity contribution is -0.698. The largest absolute Gasteiger partial charge is 0.368 e. The number of piperidine rings is 2. The number of hydrogen-bond acceptors (Lipinski definition) is 6. The molecule has 4 aliphatic carbocycles. The summed E-state index contributed by atoms with van der Waals surface area (Å²) in [5, 5.41) is 2.83. The standard InChI is InChI=1S/C107H86B2N7/c1-8-29-71(30-9-1)85-43-26-44-86(72-31-10-2-11-32-72)105(85)114-95-51-24-22-49-91(95)108-94-63-93-97(64-98(94)116(107-89(75-37-16-5-17-38-75)47-28-48-90(107)76-39-18-6-19-40-76)100-62-83(61-99(114)103(100)108)111-65-79-55-69-53-77(79)59-82(111)57-69)113(81-41-20-7-21-42-81)101-67-110(112-66-80-56-70-54-78(80)60-84(112)58-70)68-102-104(101)109(93)92-50-23-25-52-96(92)115(102)106-87(73-33-12-3-13-34-73)45-27-46-88(106)74-35-14-4-15-36-74/h1-52,61-64,67-70,77-80,82,84H,53-60,65-66H2/q+1. The molecule has 10 aliphatic rings. The molecule has 25 rings (SSSR count). The number of hydrogen-bond donors (Lipinski definition) is 0. The number of pyridine rings is 1. The molecule has 7 heterocycles. The van der Waals surface area contributed by atoms with Crippen LogP contribution in [0.4, 0.5) is 73.9 Å². The van der Waals surface area contributed by atoms with Crippen LogP contribution in [0.1, 0.15) is 51.4 Å². The van der Waals surface area contributed by atoms with Gasteiger partial charge < -0.3 is 24.5 Å². The van der Waals surface area contributed by atoms with Crippen LogP contribution >= 0.6 is 0 Å². The van der Waals surface area contributed by atoms with Gasteiger partial charge in [0.2, 0.25) is 12.4 Å². The minimum Gasteiger partial charge on any atom is -0.368 e. The summed E-state index contributed by atoms with van der Waals surface area (Å²) in [4.78, 5) is 14.0. The molecule has 6 bridgehead atoms. The topological polar surface area (TPSA) is 23.3 Å². The molecule has 8 unspecified atom stereocenters. The maximum atomic E-state index is 2.93. The summed E-state index contributed by atoms with van der Waals surface area (Å²) in [5.74, 6) is 4.46. The first-order chi connectivity index (χ1) is 57.5. The van der Waals surface area contributed by atoms with Gasteiger partial charge in [-0.05, 0) is 195 Å². The highest BCUT2D eigenvalue weighted by atomic mass is 15.6. The van der Waals surface area contributed by atoms with Gasteiger partial charge in [0.05, 0.1) is 29.6 Å². The molecular formula is C107H86B2N7+. The third kappa shape index (κ3) is 10.2. The molecule has 0 radical (unpaired) electrons. The number of rotatable bonds is 12. The Labute approximate surface area is 680 Å². The third-order valence-electron chi connectivity index (χ3n) is 28.9. The van der Waals surface area contributed by atoms with Crippen molar-refractivity contribution in [3.63, 3.8) is 0 Å². The fourth-order valence-electron chi connectivity index (χ4n) is 24.3. The Hall–Kier alpha value is -12.8. The molecule has 0 spiro atoms. The van der Waals surface area contributed by atoms with Crippen LogP contribution in [0.25, 0.3) is 66.8 Å². The molecule has 8 atom stereocenters. The van der Waals surface area contributed by atoms with E-state index in [9.17, 15) is 0 Å². The molecule has 554 valence electrons. The minimum atomic E-state index is -0.227. The number of anilines is 13. The van der Waals surface area contributed by atoms with Gasteiger partial charge in [-0.15, -0.1) is 0 Å². The number of nitrogens with zero attached hydrogens (tertiary/aromatic N) is 7. The van der Waals surface area contributed by atoms with Crippen LogP contribution in [-0.2, 0) is 0 Å². The van der Waals surface area contributed by atoms with Crippen molar-refractivity contribution in [3.05, 3.63) is 352 Å². The third-order valence-corrected chi connectivity index (χ3v) is 28.9. The monoisotopic (exact) mass is 1490 g/mol. The second-order valence-corrected chi connectivity index (χ2v) is 34.9. The lowest BCUT2D eigenvalue weighted by atomic mass is 9.30. The Morgan fingerprint density at radius 2 is 0.586 bits per heavy atom. The summed E-state index contributed by atoms with van der Waals surface area (Å²) < 4.78 is 2.64. The highest BCUT2D eigenvalue weighted by Crippen LogP contribution is 2.59. The van der Waals surface area contributed by atoms with Crippen LogP contribution in [0.5, 0.6) is 0 Å². The maximum Gasteiger partial charge on any atom is 0.252 e. The van der Waals surface area contributed by atoms with Crippen molar-refractivity contribution in [2.75, 3.05) is 42.6 Å². The van der Waals surface area contributed by atoms with Crippen LogP contribution in [-0.4, -0.2) is 38.6 Å². The van der Waals surface area contributed by atoms with Gasteiger partial charge in [0.15, 0.2) is 0 Å². The van der Waals surface area contributed by atoms with Gasteiger partial charge in [-0.25, -0.2) is 0 Å². The molecule has 0 N–H and O–H groups in total. The Kier molecular flexibility index (Phi) is 15.1. The van der Waals surface area contributed by atoms with Crippen molar-refractivity contribution in [1.82, 2.24) is 0 Å². The molecule has 6 aliphatic heterocycles. The molecule has 6 fully saturated rings. The second kappa shape index (κ2) is 26.4. The summed E-state index contributed by atoms with van der Waals surface area (Å²) in [6.45, 7) is 1.68. The number of aromatic nitrogens is 1. The van der Waals surface area contributed by atoms with Crippen LogP contribution in [0.2, 0.25) is 0 Å². The van der Waals surface area contributed by atoms with E-state index >= 15 is 0 Å². The zero-order valence-corrected chi connectivity index (χ0v) is 65.0. The molecule has 4 saturated carbocycles. The molecule has 0 amide bonds. The Balaban J connectivity index is 0.821. The summed E-state index contributed by atoms with van der Waals surface area (Å²) in [7, 11) is 0. The predicted octanol–water partition coefficient (Wildman–Crippen LogP) is 21.5. The SMILES string of the molecule is c1ccc(-c2cccc(-c3ccccc3)c2N2c3ccccc3B3c4cc5c(cc4N(c4ccccc4)c4c[n+](N6CC7CC8CC7CC6C8)cc2c43)N(c2c(-c3ccccc3)cccc2-c2ccccc2)c2cc(N3CC4CC6CC4CC3C6)cc3c2B5c2ccccc2N3c2c(-c3ccccc3)cccc2-c2ccccc2)cc1. The van der Waals surface area contributed by atoms with Crippen molar-refractivity contribution < 1.29 is 4.68 Å². The highest BCUT2D eigenvalue weighted by Gasteiger charge is 2.55. The van der Waals surface area contributed by atoms with Crippen molar-refractivity contribution in [3.8, 4) is 66.8 Å². The predicted molar refractivity (Wildman–Crippen MR) is 483 cm³/mol. The van der Waals surface area contributed by atoms with Crippen LogP contribution in [0.15, 0.2) is 352 Å². The molecule has 14 aromatic carbocycles. The van der Waals surface area contributed by atoms with E-state index in [0.29, 0.717) is 23.9 Å². The molecule has 1 aromatic heterocycles. The van der Waals surface area contributed by atoms with Gasteiger partial charge in [0, 0.05) is 91.5 Å². The van der Waals surface area contributed by atoms with Crippen LogP contribution in [0, 0.1) is 35.5 Å². The summed E-state index contributed by atoms with van der Waals surface area (Å²) in [6, 6.07) is 131. The summed E-state index contributed by atoms with van der Waals surface area (Å²) in [6.07, 6.45) is 15.6. The first-order valence-electron chi connectivity index (χ1n) is 42.7. The number of para-hydroxylation sites is 6. The fourth-order valence-corrected chi connectivity index (χ4v) is 24.3. The van der Waals surface area contributed by atoms with Crippen molar-refractivity contribution >= 4 is 120 Å². The number of fused-ring (bicyclic) bond motifs is 12. The first-order valence-corrected chi connectivity index (χ1v) is 42.7. The maximum absolute atomic E-state index is 2.93. The van der Waals surface area contributed by atoms with E-state index in [4.69, 9.17) is 0 Å². The quantitative estimate of drug-likeness (QED) is 0.0892. The molecule has 2 saturated heterocycles. The Morgan fingerprint density at radius 3 is 1.03 bits per heavy atom. The highest BCUT2D eigenvalue weighted by molar-refractivity contribution is 7.03. The molecule has 15 aromatic rings. The first kappa shape index (κ1) is 66.6. The summed E-state index contributed by atoms with van der Waals surface area (Å²) in [5.41, 5.74) is 37.6. The molecular weight excluding hydrogens is 1400 g/mol.